The normalized spacial score (nSPS) is 9.83. The summed E-state index contributed by atoms with van der Waals surface area (Å²) in [7, 11) is 0. The lowest BCUT2D eigenvalue weighted by atomic mass is 10.1. The van der Waals surface area contributed by atoms with Gasteiger partial charge in [0.25, 0.3) is 0 Å². The lowest BCUT2D eigenvalue weighted by Crippen LogP contribution is -2.02. The summed E-state index contributed by atoms with van der Waals surface area (Å²) >= 11 is 0. The number of benzene rings is 2. The molecule has 2 aromatic rings. The predicted molar refractivity (Wildman–Crippen MR) is 72.8 cm³/mol. The number of anilines is 1. The minimum absolute atomic E-state index is 0.213. The van der Waals surface area contributed by atoms with Crippen molar-refractivity contribution in [1.82, 2.24) is 0 Å². The highest BCUT2D eigenvalue weighted by Crippen LogP contribution is 2.14. The standard InChI is InChI=1S/C16H14FN/c1-3-13-5-4-6-16(9-13)18-11-14-10-15(17)8-7-12(14)2/h1,4-10,18H,11H2,2H3. The number of nitrogens with one attached hydrogen (secondary N) is 1. The number of hydrogen-bond acceptors (Lipinski definition) is 1. The monoisotopic (exact) mass is 239 g/mol. The molecule has 0 saturated carbocycles. The molecule has 2 rings (SSSR count). The molecule has 0 spiro atoms. The maximum absolute atomic E-state index is 13.1. The smallest absolute Gasteiger partial charge is 0.123 e. The molecule has 0 aliphatic heterocycles. The van der Waals surface area contributed by atoms with E-state index >= 15 is 0 Å². The van der Waals surface area contributed by atoms with E-state index in [1.807, 2.05) is 31.2 Å². The molecule has 0 atom stereocenters. The number of aryl methyl sites for hydroxylation is 1. The van der Waals surface area contributed by atoms with Crippen molar-refractivity contribution in [1.29, 1.82) is 0 Å². The Hall–Kier alpha value is -2.27. The zero-order chi connectivity index (χ0) is 13.0. The van der Waals surface area contributed by atoms with Crippen molar-refractivity contribution in [2.45, 2.75) is 13.5 Å². The highest BCUT2D eigenvalue weighted by atomic mass is 19.1. The fourth-order valence-electron chi connectivity index (χ4n) is 1.75. The molecule has 0 bridgehead atoms. The average molecular weight is 239 g/mol. The van der Waals surface area contributed by atoms with Crippen molar-refractivity contribution in [3.8, 4) is 12.3 Å². The molecule has 18 heavy (non-hydrogen) atoms. The molecule has 0 radical (unpaired) electrons. The summed E-state index contributed by atoms with van der Waals surface area (Å²) in [5.41, 5.74) is 3.78. The Labute approximate surface area is 107 Å². The Morgan fingerprint density at radius 1 is 1.22 bits per heavy atom. The molecule has 1 N–H and O–H groups in total. The molecular weight excluding hydrogens is 225 g/mol. The van der Waals surface area contributed by atoms with Gasteiger partial charge in [0.15, 0.2) is 0 Å². The molecule has 2 aromatic carbocycles. The topological polar surface area (TPSA) is 12.0 Å². The molecule has 0 aliphatic rings. The molecule has 0 aromatic heterocycles. The second-order valence-electron chi connectivity index (χ2n) is 4.15. The first-order chi connectivity index (χ1) is 8.69. The minimum Gasteiger partial charge on any atom is -0.381 e. The maximum atomic E-state index is 13.1. The van der Waals surface area contributed by atoms with Crippen LogP contribution in [0.2, 0.25) is 0 Å². The summed E-state index contributed by atoms with van der Waals surface area (Å²) < 4.78 is 13.1. The van der Waals surface area contributed by atoms with E-state index in [0.29, 0.717) is 6.54 Å². The summed E-state index contributed by atoms with van der Waals surface area (Å²) in [6, 6.07) is 12.4. The van der Waals surface area contributed by atoms with E-state index in [9.17, 15) is 4.39 Å². The summed E-state index contributed by atoms with van der Waals surface area (Å²) in [4.78, 5) is 0. The van der Waals surface area contributed by atoms with Crippen LogP contribution in [0.1, 0.15) is 16.7 Å². The van der Waals surface area contributed by atoms with Crippen molar-refractivity contribution in [3.05, 3.63) is 65.0 Å². The van der Waals surface area contributed by atoms with Crippen LogP contribution in [0, 0.1) is 25.1 Å². The van der Waals surface area contributed by atoms with Gasteiger partial charge in [-0.2, -0.15) is 0 Å². The summed E-state index contributed by atoms with van der Waals surface area (Å²) in [5.74, 6) is 2.37. The van der Waals surface area contributed by atoms with Gasteiger partial charge in [0, 0.05) is 17.8 Å². The van der Waals surface area contributed by atoms with Gasteiger partial charge in [0.2, 0.25) is 0 Å². The molecule has 0 unspecified atom stereocenters. The van der Waals surface area contributed by atoms with E-state index < -0.39 is 0 Å². The SMILES string of the molecule is C#Cc1cccc(NCc2cc(F)ccc2C)c1. The van der Waals surface area contributed by atoms with E-state index in [1.165, 1.54) is 6.07 Å². The van der Waals surface area contributed by atoms with Crippen LogP contribution in [0.25, 0.3) is 0 Å². The molecule has 1 nitrogen and oxygen atoms in total. The zero-order valence-electron chi connectivity index (χ0n) is 10.2. The lowest BCUT2D eigenvalue weighted by Gasteiger charge is -2.09. The van der Waals surface area contributed by atoms with E-state index in [4.69, 9.17) is 6.42 Å². The Morgan fingerprint density at radius 3 is 2.83 bits per heavy atom. The van der Waals surface area contributed by atoms with Gasteiger partial charge in [-0.3, -0.25) is 0 Å². The van der Waals surface area contributed by atoms with Crippen LogP contribution in [0.3, 0.4) is 0 Å². The van der Waals surface area contributed by atoms with Gasteiger partial charge >= 0.3 is 0 Å². The van der Waals surface area contributed by atoms with E-state index in [2.05, 4.69) is 11.2 Å². The largest absolute Gasteiger partial charge is 0.381 e. The first-order valence-corrected chi connectivity index (χ1v) is 5.74. The zero-order valence-corrected chi connectivity index (χ0v) is 10.2. The van der Waals surface area contributed by atoms with Gasteiger partial charge in [0.05, 0.1) is 0 Å². The number of hydrogen-bond donors (Lipinski definition) is 1. The van der Waals surface area contributed by atoms with Crippen molar-refractivity contribution in [2.24, 2.45) is 0 Å². The van der Waals surface area contributed by atoms with E-state index in [-0.39, 0.29) is 5.82 Å². The van der Waals surface area contributed by atoms with Crippen LogP contribution in [0.4, 0.5) is 10.1 Å². The maximum Gasteiger partial charge on any atom is 0.123 e. The number of terminal acetylenes is 1. The van der Waals surface area contributed by atoms with Crippen LogP contribution in [0.15, 0.2) is 42.5 Å². The number of rotatable bonds is 3. The van der Waals surface area contributed by atoms with Gasteiger partial charge in [0.1, 0.15) is 5.82 Å². The fourth-order valence-corrected chi connectivity index (χ4v) is 1.75. The van der Waals surface area contributed by atoms with Crippen LogP contribution < -0.4 is 5.32 Å². The van der Waals surface area contributed by atoms with Crippen molar-refractivity contribution < 1.29 is 4.39 Å². The number of halogens is 1. The summed E-state index contributed by atoms with van der Waals surface area (Å²) in [6.45, 7) is 2.55. The molecular formula is C16H14FN. The molecule has 0 aliphatic carbocycles. The second kappa shape index (κ2) is 5.37. The Balaban J connectivity index is 2.11. The van der Waals surface area contributed by atoms with Crippen molar-refractivity contribution in [2.75, 3.05) is 5.32 Å². The minimum atomic E-state index is -0.213. The highest BCUT2D eigenvalue weighted by molar-refractivity contribution is 5.50. The van der Waals surface area contributed by atoms with Gasteiger partial charge in [-0.1, -0.05) is 18.1 Å². The first kappa shape index (κ1) is 12.2. The third kappa shape index (κ3) is 2.89. The lowest BCUT2D eigenvalue weighted by molar-refractivity contribution is 0.625. The third-order valence-corrected chi connectivity index (χ3v) is 2.82. The Kier molecular flexibility index (Phi) is 3.64. The van der Waals surface area contributed by atoms with Crippen LogP contribution in [-0.4, -0.2) is 0 Å². The Bertz CT molecular complexity index is 596. The fraction of sp³-hybridized carbons (Fsp3) is 0.125. The van der Waals surface area contributed by atoms with Crippen LogP contribution >= 0.6 is 0 Å². The highest BCUT2D eigenvalue weighted by Gasteiger charge is 2.00. The van der Waals surface area contributed by atoms with Gasteiger partial charge in [-0.15, -0.1) is 6.42 Å². The molecule has 90 valence electrons. The quantitative estimate of drug-likeness (QED) is 0.805. The molecule has 2 heteroatoms. The van der Waals surface area contributed by atoms with Gasteiger partial charge in [-0.25, -0.2) is 4.39 Å². The molecule has 0 saturated heterocycles. The first-order valence-electron chi connectivity index (χ1n) is 5.74. The van der Waals surface area contributed by atoms with Gasteiger partial charge in [-0.05, 0) is 48.4 Å². The van der Waals surface area contributed by atoms with E-state index in [1.54, 1.807) is 12.1 Å². The average Bonchev–Trinajstić information content (AvgIpc) is 2.40. The van der Waals surface area contributed by atoms with E-state index in [0.717, 1.165) is 22.4 Å². The van der Waals surface area contributed by atoms with Crippen LogP contribution in [0.5, 0.6) is 0 Å². The molecule has 0 fully saturated rings. The summed E-state index contributed by atoms with van der Waals surface area (Å²) in [5, 5.41) is 3.24. The Morgan fingerprint density at radius 2 is 2.06 bits per heavy atom. The van der Waals surface area contributed by atoms with Gasteiger partial charge < -0.3 is 5.32 Å². The predicted octanol–water partition coefficient (Wildman–Crippen LogP) is 3.73. The third-order valence-electron chi connectivity index (χ3n) is 2.82. The second-order valence-corrected chi connectivity index (χ2v) is 4.15. The van der Waals surface area contributed by atoms with Crippen molar-refractivity contribution >= 4 is 5.69 Å². The van der Waals surface area contributed by atoms with Crippen LogP contribution in [-0.2, 0) is 6.54 Å². The molecule has 0 heterocycles. The molecule has 0 amide bonds. The summed E-state index contributed by atoms with van der Waals surface area (Å²) in [6.07, 6.45) is 5.34. The van der Waals surface area contributed by atoms with Crippen molar-refractivity contribution in [3.63, 3.8) is 0 Å².